The fourth-order valence-electron chi connectivity index (χ4n) is 1.75. The number of nitrogens with zero attached hydrogens (tertiary/aromatic N) is 1. The van der Waals surface area contributed by atoms with Gasteiger partial charge in [0.25, 0.3) is 0 Å². The molecule has 1 aromatic rings. The Labute approximate surface area is 108 Å². The molecule has 0 aliphatic rings. The Balaban J connectivity index is 2.44. The second-order valence-electron chi connectivity index (χ2n) is 4.09. The summed E-state index contributed by atoms with van der Waals surface area (Å²) in [6.07, 6.45) is 0.0350. The van der Waals surface area contributed by atoms with Gasteiger partial charge in [-0.1, -0.05) is 26.0 Å². The maximum atomic E-state index is 10.6. The van der Waals surface area contributed by atoms with Crippen molar-refractivity contribution in [3.8, 4) is 5.75 Å². The number of hydrogen-bond acceptors (Lipinski definition) is 3. The van der Waals surface area contributed by atoms with Crippen LogP contribution in [0.2, 0.25) is 0 Å². The highest BCUT2D eigenvalue weighted by atomic mass is 16.5. The van der Waals surface area contributed by atoms with Gasteiger partial charge in [-0.25, -0.2) is 0 Å². The van der Waals surface area contributed by atoms with Crippen molar-refractivity contribution >= 4 is 5.97 Å². The van der Waals surface area contributed by atoms with E-state index >= 15 is 0 Å². The Hall–Kier alpha value is -1.55. The van der Waals surface area contributed by atoms with Crippen molar-refractivity contribution < 1.29 is 14.6 Å². The van der Waals surface area contributed by atoms with Crippen LogP contribution in [0.5, 0.6) is 5.75 Å². The third kappa shape index (κ3) is 5.19. The molecule has 0 amide bonds. The number of carboxylic acids is 1. The van der Waals surface area contributed by atoms with Gasteiger partial charge in [0, 0.05) is 6.54 Å². The first kappa shape index (κ1) is 14.5. The molecular weight excluding hydrogens is 230 g/mol. The van der Waals surface area contributed by atoms with Crippen LogP contribution < -0.4 is 4.74 Å². The molecule has 0 saturated heterocycles. The summed E-state index contributed by atoms with van der Waals surface area (Å²) >= 11 is 0. The largest absolute Gasteiger partial charge is 0.492 e. The second-order valence-corrected chi connectivity index (χ2v) is 4.09. The average molecular weight is 251 g/mol. The van der Waals surface area contributed by atoms with Gasteiger partial charge in [0.15, 0.2) is 0 Å². The van der Waals surface area contributed by atoms with E-state index in [9.17, 15) is 4.79 Å². The minimum Gasteiger partial charge on any atom is -0.492 e. The zero-order chi connectivity index (χ0) is 13.4. The van der Waals surface area contributed by atoms with Gasteiger partial charge in [-0.15, -0.1) is 0 Å². The fraction of sp³-hybridized carbons (Fsp3) is 0.500. The van der Waals surface area contributed by atoms with E-state index in [2.05, 4.69) is 18.7 Å². The summed E-state index contributed by atoms with van der Waals surface area (Å²) in [7, 11) is 0. The fourth-order valence-corrected chi connectivity index (χ4v) is 1.75. The average Bonchev–Trinajstić information content (AvgIpc) is 2.34. The Bertz CT molecular complexity index is 375. The summed E-state index contributed by atoms with van der Waals surface area (Å²) in [5.41, 5.74) is 0.767. The molecule has 0 spiro atoms. The van der Waals surface area contributed by atoms with E-state index in [1.807, 2.05) is 12.1 Å². The molecule has 100 valence electrons. The Morgan fingerprint density at radius 3 is 2.67 bits per heavy atom. The van der Waals surface area contributed by atoms with Crippen molar-refractivity contribution in [2.75, 3.05) is 26.2 Å². The van der Waals surface area contributed by atoms with E-state index in [4.69, 9.17) is 9.84 Å². The summed E-state index contributed by atoms with van der Waals surface area (Å²) in [6, 6.07) is 7.26. The van der Waals surface area contributed by atoms with E-state index in [1.165, 1.54) is 0 Å². The zero-order valence-electron chi connectivity index (χ0n) is 11.1. The topological polar surface area (TPSA) is 49.8 Å². The highest BCUT2D eigenvalue weighted by Crippen LogP contribution is 2.13. The van der Waals surface area contributed by atoms with Gasteiger partial charge < -0.3 is 14.7 Å². The highest BCUT2D eigenvalue weighted by Gasteiger charge is 2.03. The first-order chi connectivity index (χ1) is 8.65. The van der Waals surface area contributed by atoms with Crippen LogP contribution in [0.3, 0.4) is 0 Å². The molecular formula is C14H21NO3. The van der Waals surface area contributed by atoms with Crippen molar-refractivity contribution in [3.63, 3.8) is 0 Å². The van der Waals surface area contributed by atoms with Gasteiger partial charge in [0.1, 0.15) is 12.4 Å². The molecule has 0 heterocycles. The molecule has 0 bridgehead atoms. The number of carboxylic acid groups (broad SMARTS) is 1. The van der Waals surface area contributed by atoms with Gasteiger partial charge in [0.2, 0.25) is 0 Å². The minimum atomic E-state index is -0.824. The molecule has 1 rings (SSSR count). The number of hydrogen-bond donors (Lipinski definition) is 1. The van der Waals surface area contributed by atoms with Crippen LogP contribution in [0.15, 0.2) is 24.3 Å². The standard InChI is InChI=1S/C14H21NO3/c1-3-15(4-2)8-9-18-13-7-5-6-12(10-13)11-14(16)17/h5-7,10H,3-4,8-9,11H2,1-2H3,(H,16,17). The Kier molecular flexibility index (Phi) is 6.22. The first-order valence-electron chi connectivity index (χ1n) is 6.31. The summed E-state index contributed by atoms with van der Waals surface area (Å²) in [5, 5.41) is 8.72. The number of aliphatic carboxylic acids is 1. The second kappa shape index (κ2) is 7.71. The van der Waals surface area contributed by atoms with Gasteiger partial charge >= 0.3 is 5.97 Å². The van der Waals surface area contributed by atoms with Crippen molar-refractivity contribution in [2.24, 2.45) is 0 Å². The molecule has 0 aromatic heterocycles. The summed E-state index contributed by atoms with van der Waals surface area (Å²) in [5.74, 6) is -0.0869. The van der Waals surface area contributed by atoms with Crippen molar-refractivity contribution in [1.29, 1.82) is 0 Å². The third-order valence-corrected chi connectivity index (χ3v) is 2.82. The minimum absolute atomic E-state index is 0.0350. The lowest BCUT2D eigenvalue weighted by Gasteiger charge is -2.18. The maximum absolute atomic E-state index is 10.6. The molecule has 0 aliphatic carbocycles. The SMILES string of the molecule is CCN(CC)CCOc1cccc(CC(=O)O)c1. The van der Waals surface area contributed by atoms with Crippen LogP contribution in [0, 0.1) is 0 Å². The van der Waals surface area contributed by atoms with Crippen LogP contribution in [0.25, 0.3) is 0 Å². The summed E-state index contributed by atoms with van der Waals surface area (Å²) < 4.78 is 5.63. The lowest BCUT2D eigenvalue weighted by molar-refractivity contribution is -0.136. The van der Waals surface area contributed by atoms with Gasteiger partial charge in [-0.2, -0.15) is 0 Å². The van der Waals surface area contributed by atoms with Crippen LogP contribution in [0.1, 0.15) is 19.4 Å². The van der Waals surface area contributed by atoms with Crippen LogP contribution in [-0.4, -0.2) is 42.2 Å². The molecule has 0 fully saturated rings. The van der Waals surface area contributed by atoms with Gasteiger partial charge in [-0.05, 0) is 30.8 Å². The van der Waals surface area contributed by atoms with E-state index in [0.29, 0.717) is 6.61 Å². The number of ether oxygens (including phenoxy) is 1. The van der Waals surface area contributed by atoms with E-state index in [0.717, 1.165) is 30.9 Å². The molecule has 4 nitrogen and oxygen atoms in total. The number of benzene rings is 1. The summed E-state index contributed by atoms with van der Waals surface area (Å²) in [6.45, 7) is 7.78. The highest BCUT2D eigenvalue weighted by molar-refractivity contribution is 5.70. The molecule has 4 heteroatoms. The molecule has 0 unspecified atom stereocenters. The lowest BCUT2D eigenvalue weighted by atomic mass is 10.1. The third-order valence-electron chi connectivity index (χ3n) is 2.82. The molecule has 0 saturated carbocycles. The Morgan fingerprint density at radius 2 is 2.06 bits per heavy atom. The predicted octanol–water partition coefficient (Wildman–Crippen LogP) is 2.03. The van der Waals surface area contributed by atoms with Crippen molar-refractivity contribution in [1.82, 2.24) is 4.90 Å². The first-order valence-corrected chi connectivity index (χ1v) is 6.31. The van der Waals surface area contributed by atoms with Gasteiger partial charge in [0.05, 0.1) is 6.42 Å². The quantitative estimate of drug-likeness (QED) is 0.768. The Morgan fingerprint density at radius 1 is 1.33 bits per heavy atom. The predicted molar refractivity (Wildman–Crippen MR) is 71.1 cm³/mol. The number of carbonyl (C=O) groups is 1. The monoisotopic (exact) mass is 251 g/mol. The van der Waals surface area contributed by atoms with Crippen molar-refractivity contribution in [3.05, 3.63) is 29.8 Å². The maximum Gasteiger partial charge on any atom is 0.307 e. The van der Waals surface area contributed by atoms with Crippen LogP contribution >= 0.6 is 0 Å². The molecule has 18 heavy (non-hydrogen) atoms. The van der Waals surface area contributed by atoms with Gasteiger partial charge in [-0.3, -0.25) is 4.79 Å². The van der Waals surface area contributed by atoms with Crippen molar-refractivity contribution in [2.45, 2.75) is 20.3 Å². The number of likely N-dealkylation sites (N-methyl/N-ethyl adjacent to an activating group) is 1. The zero-order valence-corrected chi connectivity index (χ0v) is 11.1. The van der Waals surface area contributed by atoms with E-state index in [1.54, 1.807) is 12.1 Å². The molecule has 1 aromatic carbocycles. The number of rotatable bonds is 8. The lowest BCUT2D eigenvalue weighted by Crippen LogP contribution is -2.27. The molecule has 0 aliphatic heterocycles. The molecule has 0 atom stereocenters. The molecule has 0 radical (unpaired) electrons. The summed E-state index contributed by atoms with van der Waals surface area (Å²) in [4.78, 5) is 12.9. The van der Waals surface area contributed by atoms with Crippen LogP contribution in [-0.2, 0) is 11.2 Å². The smallest absolute Gasteiger partial charge is 0.307 e. The van der Waals surface area contributed by atoms with Crippen LogP contribution in [0.4, 0.5) is 0 Å². The van der Waals surface area contributed by atoms with E-state index < -0.39 is 5.97 Å². The molecule has 1 N–H and O–H groups in total. The normalized spacial score (nSPS) is 10.6. The van der Waals surface area contributed by atoms with E-state index in [-0.39, 0.29) is 6.42 Å².